The Morgan fingerprint density at radius 3 is 1.60 bits per heavy atom. The van der Waals surface area contributed by atoms with Crippen LogP contribution in [0.15, 0.2) is 24.3 Å². The van der Waals surface area contributed by atoms with Gasteiger partial charge in [0.25, 0.3) is 0 Å². The van der Waals surface area contributed by atoms with Gasteiger partial charge in [-0.25, -0.2) is 9.59 Å². The second-order valence-electron chi connectivity index (χ2n) is 2.27. The van der Waals surface area contributed by atoms with Gasteiger partial charge in [0, 0.05) is 40.6 Å². The molecule has 0 fully saturated rings. The normalized spacial score (nSPS) is 8.67. The first-order valence-electron chi connectivity index (χ1n) is 3.45. The summed E-state index contributed by atoms with van der Waals surface area (Å²) in [6.07, 6.45) is 0. The minimum Gasteiger partial charge on any atom is -0.343 e. The van der Waals surface area contributed by atoms with E-state index < -0.39 is 11.9 Å². The minimum atomic E-state index is -0.843. The van der Waals surface area contributed by atoms with E-state index in [1.807, 2.05) is 0 Å². The molecule has 4 nitrogen and oxygen atoms in total. The van der Waals surface area contributed by atoms with Gasteiger partial charge < -0.3 is 8.58 Å². The van der Waals surface area contributed by atoms with Gasteiger partial charge in [0.15, 0.2) is 0 Å². The number of hydrogen-bond acceptors (Lipinski definition) is 4. The number of hydrogen-bond donors (Lipinski definition) is 0. The SMILES string of the molecule is O=C(OCl)c1ccccc1C(=O)OCl.[Ca].[HH].[HH]. The summed E-state index contributed by atoms with van der Waals surface area (Å²) in [5.41, 5.74) is -0.0127. The molecular formula is C8H8CaCl2O4. The molecule has 0 atom stereocenters. The van der Waals surface area contributed by atoms with Gasteiger partial charge in [-0.05, 0) is 12.1 Å². The predicted octanol–water partition coefficient (Wildman–Crippen LogP) is 2.42. The molecule has 15 heavy (non-hydrogen) atoms. The smallest absolute Gasteiger partial charge is 0.343 e. The van der Waals surface area contributed by atoms with Gasteiger partial charge in [-0.2, -0.15) is 0 Å². The summed E-state index contributed by atoms with van der Waals surface area (Å²) in [6, 6.07) is 5.84. The molecule has 0 unspecified atom stereocenters. The molecule has 0 amide bonds. The van der Waals surface area contributed by atoms with Crippen LogP contribution in [0.3, 0.4) is 0 Å². The summed E-state index contributed by atoms with van der Waals surface area (Å²) < 4.78 is 7.91. The van der Waals surface area contributed by atoms with E-state index in [2.05, 4.69) is 8.58 Å². The van der Waals surface area contributed by atoms with E-state index in [4.69, 9.17) is 23.7 Å². The average Bonchev–Trinajstić information content (AvgIpc) is 2.27. The van der Waals surface area contributed by atoms with Gasteiger partial charge >= 0.3 is 11.9 Å². The zero-order valence-electron chi connectivity index (χ0n) is 7.41. The number of rotatable bonds is 2. The Balaban J connectivity index is -0.000000653. The third-order valence-corrected chi connectivity index (χ3v) is 1.79. The van der Waals surface area contributed by atoms with Gasteiger partial charge in [-0.1, -0.05) is 12.1 Å². The summed E-state index contributed by atoms with van der Waals surface area (Å²) in [5, 5.41) is 0. The number of halogens is 2. The number of carbonyl (C=O) groups is 2. The van der Waals surface area contributed by atoms with Crippen LogP contribution in [-0.4, -0.2) is 49.7 Å². The van der Waals surface area contributed by atoms with Crippen LogP contribution < -0.4 is 0 Å². The molecule has 0 aliphatic heterocycles. The van der Waals surface area contributed by atoms with Gasteiger partial charge in [-0.3, -0.25) is 0 Å². The molecule has 0 saturated heterocycles. The van der Waals surface area contributed by atoms with Crippen molar-refractivity contribution in [2.75, 3.05) is 0 Å². The number of benzene rings is 1. The van der Waals surface area contributed by atoms with Crippen molar-refractivity contribution in [3.05, 3.63) is 35.4 Å². The fraction of sp³-hybridized carbons (Fsp3) is 0. The predicted molar refractivity (Wildman–Crippen MR) is 59.0 cm³/mol. The Labute approximate surface area is 129 Å². The van der Waals surface area contributed by atoms with Crippen molar-refractivity contribution in [1.82, 2.24) is 0 Å². The first-order chi connectivity index (χ1) is 6.70. The maximum atomic E-state index is 11.0. The van der Waals surface area contributed by atoms with Crippen molar-refractivity contribution in [2.45, 2.75) is 0 Å². The molecule has 0 aromatic heterocycles. The van der Waals surface area contributed by atoms with E-state index in [0.717, 1.165) is 0 Å². The van der Waals surface area contributed by atoms with Crippen LogP contribution >= 0.6 is 23.7 Å². The summed E-state index contributed by atoms with van der Waals surface area (Å²) >= 11 is 9.74. The second kappa shape index (κ2) is 7.30. The summed E-state index contributed by atoms with van der Waals surface area (Å²) in [4.78, 5) is 22.1. The van der Waals surface area contributed by atoms with Crippen LogP contribution in [0.5, 0.6) is 0 Å². The molecule has 0 aliphatic rings. The van der Waals surface area contributed by atoms with Gasteiger partial charge in [0.1, 0.15) is 23.7 Å². The van der Waals surface area contributed by atoms with Crippen LogP contribution in [0.1, 0.15) is 23.6 Å². The molecule has 0 N–H and O–H groups in total. The summed E-state index contributed by atoms with van der Waals surface area (Å²) in [5.74, 6) is -1.69. The Kier molecular flexibility index (Phi) is 7.30. The Hall–Kier alpha value is -0.000260. The Bertz CT molecular complexity index is 343. The molecular weight excluding hydrogens is 271 g/mol. The van der Waals surface area contributed by atoms with E-state index in [1.54, 1.807) is 12.1 Å². The van der Waals surface area contributed by atoms with Gasteiger partial charge in [0.05, 0.1) is 11.1 Å². The molecule has 0 saturated carbocycles. The van der Waals surface area contributed by atoms with Crippen LogP contribution in [0, 0.1) is 0 Å². The van der Waals surface area contributed by atoms with Crippen molar-refractivity contribution in [3.63, 3.8) is 0 Å². The van der Waals surface area contributed by atoms with Crippen molar-refractivity contribution < 1.29 is 21.0 Å². The Morgan fingerprint density at radius 2 is 1.33 bits per heavy atom. The Morgan fingerprint density at radius 1 is 1.00 bits per heavy atom. The van der Waals surface area contributed by atoms with Gasteiger partial charge in [0.2, 0.25) is 0 Å². The maximum Gasteiger partial charge on any atom is 0.357 e. The van der Waals surface area contributed by atoms with Gasteiger partial charge in [-0.15, -0.1) is 0 Å². The van der Waals surface area contributed by atoms with Crippen molar-refractivity contribution in [3.8, 4) is 0 Å². The molecule has 1 rings (SSSR count). The van der Waals surface area contributed by atoms with E-state index in [1.165, 1.54) is 12.1 Å². The first-order valence-corrected chi connectivity index (χ1v) is 4.07. The first kappa shape index (κ1) is 15.0. The molecule has 0 bridgehead atoms. The van der Waals surface area contributed by atoms with E-state index in [0.29, 0.717) is 0 Å². The number of carbonyl (C=O) groups excluding carboxylic acids is 2. The molecule has 2 radical (unpaired) electrons. The third kappa shape index (κ3) is 3.81. The molecule has 1 aromatic carbocycles. The van der Waals surface area contributed by atoms with E-state index in [9.17, 15) is 9.59 Å². The molecule has 0 spiro atoms. The standard InChI is InChI=1S/C8H4Cl2O4.Ca.2H2/c9-13-7(11)5-3-1-2-4-6(5)8(12)14-10;;;/h1-4H;;2*1H. The van der Waals surface area contributed by atoms with Crippen LogP contribution in [0.4, 0.5) is 0 Å². The zero-order chi connectivity index (χ0) is 10.6. The van der Waals surface area contributed by atoms with Crippen LogP contribution in [0.2, 0.25) is 0 Å². The van der Waals surface area contributed by atoms with Crippen molar-refractivity contribution in [1.29, 1.82) is 0 Å². The van der Waals surface area contributed by atoms with Crippen molar-refractivity contribution >= 4 is 73.4 Å². The van der Waals surface area contributed by atoms with Crippen LogP contribution in [0.25, 0.3) is 0 Å². The third-order valence-electron chi connectivity index (χ3n) is 1.51. The molecule has 7 heteroatoms. The fourth-order valence-electron chi connectivity index (χ4n) is 0.922. The van der Waals surface area contributed by atoms with E-state index in [-0.39, 0.29) is 51.7 Å². The maximum absolute atomic E-state index is 11.0. The van der Waals surface area contributed by atoms with Crippen LogP contribution in [-0.2, 0) is 8.58 Å². The minimum absolute atomic E-state index is 0. The summed E-state index contributed by atoms with van der Waals surface area (Å²) in [7, 11) is 0. The molecule has 0 aliphatic carbocycles. The summed E-state index contributed by atoms with van der Waals surface area (Å²) in [6.45, 7) is 0. The van der Waals surface area contributed by atoms with Crippen molar-refractivity contribution in [2.24, 2.45) is 0 Å². The topological polar surface area (TPSA) is 52.6 Å². The molecule has 1 aromatic rings. The average molecular weight is 279 g/mol. The largest absolute Gasteiger partial charge is 0.357 e. The molecule has 80 valence electrons. The molecule has 0 heterocycles. The van der Waals surface area contributed by atoms with E-state index >= 15 is 0 Å². The zero-order valence-corrected chi connectivity index (χ0v) is 11.1. The monoisotopic (exact) mass is 278 g/mol. The second-order valence-corrected chi connectivity index (χ2v) is 2.58. The quantitative estimate of drug-likeness (QED) is 0.780. The fourth-order valence-corrected chi connectivity index (χ4v) is 1.09.